The molecule has 2 atom stereocenters. The predicted octanol–water partition coefficient (Wildman–Crippen LogP) is 5.49. The summed E-state index contributed by atoms with van der Waals surface area (Å²) in [5.41, 5.74) is 3.18. The maximum atomic E-state index is 11.8. The van der Waals surface area contributed by atoms with Crippen LogP contribution in [0, 0.1) is 0 Å². The molecule has 7 nitrogen and oxygen atoms in total. The number of carbonyl (C=O) groups is 1. The Morgan fingerprint density at radius 3 is 2.60 bits per heavy atom. The predicted molar refractivity (Wildman–Crippen MR) is 139 cm³/mol. The van der Waals surface area contributed by atoms with Crippen molar-refractivity contribution in [2.24, 2.45) is 0 Å². The zero-order valence-electron chi connectivity index (χ0n) is 19.3. The SMILES string of the molecule is COc1ccc(N2C(=S)N[C@@H](c3ccccn3)[C@@H]2c2ccc(-c3ccccc3)o2)cc1NC(C)=O. The van der Waals surface area contributed by atoms with E-state index >= 15 is 0 Å². The summed E-state index contributed by atoms with van der Waals surface area (Å²) in [4.78, 5) is 18.4. The lowest BCUT2D eigenvalue weighted by Gasteiger charge is -2.27. The van der Waals surface area contributed by atoms with Crippen LogP contribution in [0.4, 0.5) is 11.4 Å². The number of hydrogen-bond acceptors (Lipinski definition) is 5. The van der Waals surface area contributed by atoms with Crippen molar-refractivity contribution in [3.05, 3.63) is 96.5 Å². The standard InChI is InChI=1S/C27H24N4O3S/c1-17(32)29-21-16-19(11-12-23(21)33-2)31-26(25(30-27(31)35)20-10-6-7-15-28-20)24-14-13-22(34-24)18-8-4-3-5-9-18/h3-16,25-26H,1-2H3,(H,29,32)(H,30,35)/t25-,26-/m0/s1. The molecule has 1 aliphatic heterocycles. The number of furan rings is 1. The van der Waals surface area contributed by atoms with Crippen LogP contribution >= 0.6 is 12.2 Å². The first-order chi connectivity index (χ1) is 17.0. The molecule has 5 rings (SSSR count). The number of methoxy groups -OCH3 is 1. The Balaban J connectivity index is 1.60. The summed E-state index contributed by atoms with van der Waals surface area (Å²) >= 11 is 5.80. The number of anilines is 2. The molecule has 0 bridgehead atoms. The highest BCUT2D eigenvalue weighted by molar-refractivity contribution is 7.80. The van der Waals surface area contributed by atoms with Gasteiger partial charge in [0.15, 0.2) is 5.11 Å². The third kappa shape index (κ3) is 4.48. The average molecular weight is 485 g/mol. The molecule has 8 heteroatoms. The summed E-state index contributed by atoms with van der Waals surface area (Å²) in [6.07, 6.45) is 1.76. The molecular weight excluding hydrogens is 460 g/mol. The summed E-state index contributed by atoms with van der Waals surface area (Å²) in [7, 11) is 1.57. The van der Waals surface area contributed by atoms with E-state index in [9.17, 15) is 4.79 Å². The van der Waals surface area contributed by atoms with E-state index in [1.165, 1.54) is 6.92 Å². The normalized spacial score (nSPS) is 17.2. The Bertz CT molecular complexity index is 1360. The highest BCUT2D eigenvalue weighted by Gasteiger charge is 2.42. The van der Waals surface area contributed by atoms with Crippen LogP contribution in [0.2, 0.25) is 0 Å². The molecule has 1 saturated heterocycles. The van der Waals surface area contributed by atoms with Crippen molar-refractivity contribution < 1.29 is 13.9 Å². The fraction of sp³-hybridized carbons (Fsp3) is 0.148. The Kier molecular flexibility index (Phi) is 6.20. The van der Waals surface area contributed by atoms with Crippen molar-refractivity contribution in [2.75, 3.05) is 17.3 Å². The number of nitrogens with one attached hydrogen (secondary N) is 2. The van der Waals surface area contributed by atoms with Gasteiger partial charge in [-0.2, -0.15) is 0 Å². The summed E-state index contributed by atoms with van der Waals surface area (Å²) in [6.45, 7) is 1.46. The van der Waals surface area contributed by atoms with Gasteiger partial charge in [0.25, 0.3) is 0 Å². The van der Waals surface area contributed by atoms with E-state index in [2.05, 4.69) is 15.6 Å². The molecule has 0 saturated carbocycles. The van der Waals surface area contributed by atoms with Gasteiger partial charge in [-0.25, -0.2) is 0 Å². The van der Waals surface area contributed by atoms with Crippen molar-refractivity contribution in [3.8, 4) is 17.1 Å². The van der Waals surface area contributed by atoms with Gasteiger partial charge in [-0.1, -0.05) is 36.4 Å². The van der Waals surface area contributed by atoms with E-state index in [0.29, 0.717) is 16.5 Å². The van der Waals surface area contributed by atoms with Crippen LogP contribution in [-0.4, -0.2) is 23.1 Å². The average Bonchev–Trinajstić information content (AvgIpc) is 3.49. The third-order valence-electron chi connectivity index (χ3n) is 5.85. The molecule has 0 unspecified atom stereocenters. The van der Waals surface area contributed by atoms with Gasteiger partial charge >= 0.3 is 0 Å². The van der Waals surface area contributed by atoms with Crippen molar-refractivity contribution in [1.29, 1.82) is 0 Å². The number of benzene rings is 2. The van der Waals surface area contributed by atoms with Gasteiger partial charge < -0.3 is 24.7 Å². The Morgan fingerprint density at radius 1 is 1.09 bits per heavy atom. The largest absolute Gasteiger partial charge is 0.495 e. The fourth-order valence-corrected chi connectivity index (χ4v) is 4.67. The Morgan fingerprint density at radius 2 is 1.89 bits per heavy atom. The Labute approximate surface area is 208 Å². The maximum absolute atomic E-state index is 11.8. The minimum atomic E-state index is -0.312. The number of aromatic nitrogens is 1. The smallest absolute Gasteiger partial charge is 0.221 e. The highest BCUT2D eigenvalue weighted by atomic mass is 32.1. The van der Waals surface area contributed by atoms with Crippen LogP contribution in [0.1, 0.15) is 30.5 Å². The summed E-state index contributed by atoms with van der Waals surface area (Å²) in [6, 6.07) is 24.7. The second-order valence-corrected chi connectivity index (χ2v) is 8.52. The molecule has 2 aromatic carbocycles. The minimum absolute atomic E-state index is 0.191. The van der Waals surface area contributed by atoms with E-state index < -0.39 is 0 Å². The lowest BCUT2D eigenvalue weighted by molar-refractivity contribution is -0.114. The van der Waals surface area contributed by atoms with Gasteiger partial charge in [0.2, 0.25) is 5.91 Å². The van der Waals surface area contributed by atoms with E-state index in [1.807, 2.05) is 83.8 Å². The second kappa shape index (κ2) is 9.60. The highest BCUT2D eigenvalue weighted by Crippen LogP contribution is 2.44. The monoisotopic (exact) mass is 484 g/mol. The topological polar surface area (TPSA) is 79.6 Å². The lowest BCUT2D eigenvalue weighted by Crippen LogP contribution is -2.29. The number of nitrogens with zero attached hydrogens (tertiary/aromatic N) is 2. The molecule has 35 heavy (non-hydrogen) atoms. The van der Waals surface area contributed by atoms with Crippen molar-refractivity contribution in [3.63, 3.8) is 0 Å². The van der Waals surface area contributed by atoms with Crippen LogP contribution in [0.15, 0.2) is 89.5 Å². The quantitative estimate of drug-likeness (QED) is 0.351. The molecule has 0 aliphatic carbocycles. The summed E-state index contributed by atoms with van der Waals surface area (Å²) in [5.74, 6) is 1.88. The molecule has 1 fully saturated rings. The minimum Gasteiger partial charge on any atom is -0.495 e. The molecule has 1 aliphatic rings. The third-order valence-corrected chi connectivity index (χ3v) is 6.16. The molecular formula is C27H24N4O3S. The van der Waals surface area contributed by atoms with Gasteiger partial charge in [0.1, 0.15) is 23.3 Å². The summed E-state index contributed by atoms with van der Waals surface area (Å²) in [5, 5.41) is 6.79. The summed E-state index contributed by atoms with van der Waals surface area (Å²) < 4.78 is 11.8. The lowest BCUT2D eigenvalue weighted by atomic mass is 10.0. The van der Waals surface area contributed by atoms with Gasteiger partial charge in [-0.3, -0.25) is 9.78 Å². The number of ether oxygens (including phenoxy) is 1. The van der Waals surface area contributed by atoms with Crippen molar-refractivity contribution in [2.45, 2.75) is 19.0 Å². The van der Waals surface area contributed by atoms with Gasteiger partial charge in [-0.05, 0) is 54.7 Å². The maximum Gasteiger partial charge on any atom is 0.221 e. The number of rotatable bonds is 6. The molecule has 0 radical (unpaired) electrons. The first-order valence-electron chi connectivity index (χ1n) is 11.2. The van der Waals surface area contributed by atoms with Gasteiger partial charge in [0, 0.05) is 24.4 Å². The van der Waals surface area contributed by atoms with E-state index in [4.69, 9.17) is 21.4 Å². The molecule has 0 spiro atoms. The van der Waals surface area contributed by atoms with Crippen LogP contribution in [0.5, 0.6) is 5.75 Å². The van der Waals surface area contributed by atoms with Crippen LogP contribution in [-0.2, 0) is 4.79 Å². The van der Waals surface area contributed by atoms with E-state index in [0.717, 1.165) is 28.5 Å². The van der Waals surface area contributed by atoms with Crippen molar-refractivity contribution in [1.82, 2.24) is 10.3 Å². The van der Waals surface area contributed by atoms with Crippen LogP contribution < -0.4 is 20.3 Å². The number of pyridine rings is 1. The first-order valence-corrected chi connectivity index (χ1v) is 11.6. The van der Waals surface area contributed by atoms with E-state index in [1.54, 1.807) is 13.3 Å². The fourth-order valence-electron chi connectivity index (χ4n) is 4.32. The number of hydrogen-bond donors (Lipinski definition) is 2. The molecule has 2 N–H and O–H groups in total. The zero-order chi connectivity index (χ0) is 24.4. The Hall–Kier alpha value is -4.17. The second-order valence-electron chi connectivity index (χ2n) is 8.13. The molecule has 1 amide bonds. The number of thiocarbonyl (C=S) groups is 1. The molecule has 176 valence electrons. The number of carbonyl (C=O) groups excluding carboxylic acids is 1. The molecule has 4 aromatic rings. The van der Waals surface area contributed by atoms with E-state index in [-0.39, 0.29) is 18.0 Å². The zero-order valence-corrected chi connectivity index (χ0v) is 20.1. The molecule has 2 aromatic heterocycles. The molecule has 3 heterocycles. The number of amides is 1. The van der Waals surface area contributed by atoms with Gasteiger partial charge in [0.05, 0.1) is 24.5 Å². The first kappa shape index (κ1) is 22.6. The van der Waals surface area contributed by atoms with Crippen molar-refractivity contribution >= 4 is 34.6 Å². The van der Waals surface area contributed by atoms with Crippen LogP contribution in [0.3, 0.4) is 0 Å². The van der Waals surface area contributed by atoms with Crippen LogP contribution in [0.25, 0.3) is 11.3 Å². The van der Waals surface area contributed by atoms with Gasteiger partial charge in [-0.15, -0.1) is 0 Å².